The molecule has 0 amide bonds. The van der Waals surface area contributed by atoms with Gasteiger partial charge in [0.1, 0.15) is 6.61 Å². The Morgan fingerprint density at radius 3 is 1.56 bits per heavy atom. The van der Waals surface area contributed by atoms with Gasteiger partial charge in [-0.25, -0.2) is 4.57 Å². The number of allylic oxidation sites excluding steroid dienone is 10. The number of hydrogen-bond acceptors (Lipinski definition) is 8. The number of hydrogen-bond donors (Lipinski definition) is 2. The number of unbranched alkanes of at least 4 members (excludes halogenated alkanes) is 14. The molecule has 9 nitrogen and oxygen atoms in total. The summed E-state index contributed by atoms with van der Waals surface area (Å²) in [6.45, 7) is 3.60. The number of ether oxygens (including phenoxy) is 2. The van der Waals surface area contributed by atoms with Gasteiger partial charge in [-0.3, -0.25) is 18.6 Å². The average Bonchev–Trinajstić information content (AvgIpc) is 3.13. The fraction of sp³-hybridized carbons (Fsp3) is 0.714. The average molecular weight is 752 g/mol. The summed E-state index contributed by atoms with van der Waals surface area (Å²) < 4.78 is 32.6. The minimum Gasteiger partial charge on any atom is -0.462 e. The Balaban J connectivity index is 4.31. The summed E-state index contributed by atoms with van der Waals surface area (Å²) in [5, 5.41) is 0. The van der Waals surface area contributed by atoms with Crippen molar-refractivity contribution in [2.75, 3.05) is 26.4 Å². The van der Waals surface area contributed by atoms with Crippen molar-refractivity contribution in [3.63, 3.8) is 0 Å². The first-order valence-corrected chi connectivity index (χ1v) is 21.8. The summed E-state index contributed by atoms with van der Waals surface area (Å²) in [7, 11) is -4.39. The number of phosphoric acid groups is 1. The maximum atomic E-state index is 12.5. The Morgan fingerprint density at radius 2 is 1.04 bits per heavy atom. The third-order valence-electron chi connectivity index (χ3n) is 8.17. The molecule has 10 heteroatoms. The molecule has 0 aliphatic heterocycles. The molecule has 300 valence electrons. The molecule has 0 saturated heterocycles. The Hall–Kier alpha value is -2.29. The van der Waals surface area contributed by atoms with Gasteiger partial charge in [-0.1, -0.05) is 158 Å². The molecule has 0 spiro atoms. The molecule has 0 aromatic rings. The molecule has 0 aliphatic rings. The number of rotatable bonds is 37. The van der Waals surface area contributed by atoms with Gasteiger partial charge in [0.05, 0.1) is 13.2 Å². The Labute approximate surface area is 317 Å². The van der Waals surface area contributed by atoms with Crippen LogP contribution >= 0.6 is 7.82 Å². The molecule has 0 saturated carbocycles. The second kappa shape index (κ2) is 38.4. The third kappa shape index (κ3) is 37.5. The Morgan fingerprint density at radius 1 is 0.577 bits per heavy atom. The third-order valence-corrected chi connectivity index (χ3v) is 9.15. The van der Waals surface area contributed by atoms with Crippen LogP contribution in [0.25, 0.3) is 0 Å². The van der Waals surface area contributed by atoms with Gasteiger partial charge >= 0.3 is 19.8 Å². The molecule has 0 heterocycles. The van der Waals surface area contributed by atoms with Gasteiger partial charge in [0.2, 0.25) is 0 Å². The predicted octanol–water partition coefficient (Wildman–Crippen LogP) is 11.3. The number of nitrogens with two attached hydrogens (primary N) is 1. The number of carbonyl (C=O) groups is 2. The van der Waals surface area contributed by atoms with E-state index in [4.69, 9.17) is 24.3 Å². The van der Waals surface area contributed by atoms with Gasteiger partial charge in [0.25, 0.3) is 0 Å². The monoisotopic (exact) mass is 752 g/mol. The first kappa shape index (κ1) is 49.7. The molecule has 2 atom stereocenters. The normalized spacial score (nSPS) is 14.0. The highest BCUT2D eigenvalue weighted by atomic mass is 31.2. The molecule has 52 heavy (non-hydrogen) atoms. The molecular formula is C42H74NO8P. The maximum absolute atomic E-state index is 12.5. The molecule has 1 unspecified atom stereocenters. The predicted molar refractivity (Wildman–Crippen MR) is 215 cm³/mol. The molecule has 3 N–H and O–H groups in total. The second-order valence-corrected chi connectivity index (χ2v) is 14.6. The summed E-state index contributed by atoms with van der Waals surface area (Å²) in [6.07, 6.45) is 44.1. The highest BCUT2D eigenvalue weighted by Gasteiger charge is 2.25. The van der Waals surface area contributed by atoms with Crippen molar-refractivity contribution in [1.29, 1.82) is 0 Å². The second-order valence-electron chi connectivity index (χ2n) is 13.2. The molecule has 0 aromatic heterocycles. The summed E-state index contributed by atoms with van der Waals surface area (Å²) >= 11 is 0. The lowest BCUT2D eigenvalue weighted by molar-refractivity contribution is -0.161. The maximum Gasteiger partial charge on any atom is 0.472 e. The summed E-state index contributed by atoms with van der Waals surface area (Å²) in [4.78, 5) is 34.7. The topological polar surface area (TPSA) is 134 Å². The van der Waals surface area contributed by atoms with Crippen LogP contribution in [0.1, 0.15) is 162 Å². The zero-order valence-electron chi connectivity index (χ0n) is 32.8. The van der Waals surface area contributed by atoms with Gasteiger partial charge in [0, 0.05) is 19.4 Å². The van der Waals surface area contributed by atoms with E-state index < -0.39 is 32.5 Å². The van der Waals surface area contributed by atoms with E-state index in [2.05, 4.69) is 62.5 Å². The van der Waals surface area contributed by atoms with Crippen molar-refractivity contribution < 1.29 is 37.6 Å². The van der Waals surface area contributed by atoms with Crippen molar-refractivity contribution in [3.05, 3.63) is 60.8 Å². The van der Waals surface area contributed by atoms with Crippen LogP contribution in [0.2, 0.25) is 0 Å². The van der Waals surface area contributed by atoms with Gasteiger partial charge in [-0.2, -0.15) is 0 Å². The summed E-state index contributed by atoms with van der Waals surface area (Å²) in [6, 6.07) is 0. The van der Waals surface area contributed by atoms with Crippen molar-refractivity contribution in [2.45, 2.75) is 168 Å². The highest BCUT2D eigenvalue weighted by molar-refractivity contribution is 7.47. The first-order chi connectivity index (χ1) is 25.3. The van der Waals surface area contributed by atoms with E-state index in [0.717, 1.165) is 44.9 Å². The zero-order valence-corrected chi connectivity index (χ0v) is 33.7. The molecule has 0 radical (unpaired) electrons. The van der Waals surface area contributed by atoms with Crippen molar-refractivity contribution in [3.8, 4) is 0 Å². The first-order valence-electron chi connectivity index (χ1n) is 20.3. The highest BCUT2D eigenvalue weighted by Crippen LogP contribution is 2.43. The van der Waals surface area contributed by atoms with Crippen molar-refractivity contribution in [2.24, 2.45) is 5.73 Å². The van der Waals surface area contributed by atoms with Crippen LogP contribution in [-0.4, -0.2) is 49.3 Å². The molecule has 0 fully saturated rings. The minimum absolute atomic E-state index is 0.0427. The van der Waals surface area contributed by atoms with E-state index in [9.17, 15) is 19.0 Å². The zero-order chi connectivity index (χ0) is 38.2. The van der Waals surface area contributed by atoms with Gasteiger partial charge in [-0.05, 0) is 51.4 Å². The van der Waals surface area contributed by atoms with E-state index in [1.54, 1.807) is 0 Å². The van der Waals surface area contributed by atoms with Gasteiger partial charge in [-0.15, -0.1) is 0 Å². The Kier molecular flexibility index (Phi) is 36.7. The van der Waals surface area contributed by atoms with Crippen molar-refractivity contribution >= 4 is 19.8 Å². The van der Waals surface area contributed by atoms with E-state index in [1.165, 1.54) is 77.0 Å². The number of carbonyl (C=O) groups excluding carboxylic acids is 2. The van der Waals surface area contributed by atoms with Crippen LogP contribution in [0.5, 0.6) is 0 Å². The molecule has 0 bridgehead atoms. The van der Waals surface area contributed by atoms with Crippen LogP contribution < -0.4 is 5.73 Å². The van der Waals surface area contributed by atoms with E-state index >= 15 is 0 Å². The smallest absolute Gasteiger partial charge is 0.462 e. The van der Waals surface area contributed by atoms with Crippen LogP contribution in [0.3, 0.4) is 0 Å². The van der Waals surface area contributed by atoms with E-state index in [1.807, 2.05) is 12.2 Å². The fourth-order valence-electron chi connectivity index (χ4n) is 5.15. The minimum atomic E-state index is -4.39. The lowest BCUT2D eigenvalue weighted by Crippen LogP contribution is -2.29. The van der Waals surface area contributed by atoms with E-state index in [0.29, 0.717) is 12.8 Å². The summed E-state index contributed by atoms with van der Waals surface area (Å²) in [5.74, 6) is -0.928. The van der Waals surface area contributed by atoms with Gasteiger partial charge in [0.15, 0.2) is 6.10 Å². The van der Waals surface area contributed by atoms with Crippen LogP contribution in [0.4, 0.5) is 0 Å². The van der Waals surface area contributed by atoms with Crippen molar-refractivity contribution in [1.82, 2.24) is 0 Å². The van der Waals surface area contributed by atoms with Gasteiger partial charge < -0.3 is 20.1 Å². The van der Waals surface area contributed by atoms with Crippen LogP contribution in [0, 0.1) is 0 Å². The fourth-order valence-corrected chi connectivity index (χ4v) is 5.91. The largest absolute Gasteiger partial charge is 0.472 e. The molecule has 0 rings (SSSR count). The van der Waals surface area contributed by atoms with Crippen LogP contribution in [-0.2, 0) is 32.7 Å². The lowest BCUT2D eigenvalue weighted by Gasteiger charge is -2.19. The van der Waals surface area contributed by atoms with E-state index in [-0.39, 0.29) is 32.6 Å². The standard InChI is InChI=1S/C42H74NO8P/c1-3-5-7-9-11-13-15-17-18-19-20-21-22-23-25-26-28-30-32-34-41(44)48-38-40(39-50-52(46,47)49-37-36-43)51-42(45)35-33-31-29-27-24-16-14-12-10-8-6-4-2/h11,13,17-18,20-21,23,25,28,30,40H,3-10,12,14-16,19,22,24,26-27,29,31-39,43H2,1-2H3,(H,46,47)/b13-11+,18-17+,21-20+,25-23+,30-28+/t40-/m0/s1. The van der Waals surface area contributed by atoms with Crippen LogP contribution in [0.15, 0.2) is 60.8 Å². The summed E-state index contributed by atoms with van der Waals surface area (Å²) in [5.41, 5.74) is 5.33. The molecule has 0 aromatic carbocycles. The number of phosphoric ester groups is 1. The molecular weight excluding hydrogens is 677 g/mol. The lowest BCUT2D eigenvalue weighted by atomic mass is 10.0. The number of esters is 2. The quantitative estimate of drug-likeness (QED) is 0.0275. The molecule has 0 aliphatic carbocycles. The Bertz CT molecular complexity index is 1040. The SMILES string of the molecule is CCCCC/C=C/C/C=C/C/C=C/C/C=C/C/C=C/CCC(=O)OC[C@@H](COP(=O)(O)OCCN)OC(=O)CCCCCCCCCCCCCC.